The number of nitrogens with one attached hydrogen (secondary N) is 2. The molecule has 9 nitrogen and oxygen atoms in total. The number of carbonyl (C=O) groups is 1. The van der Waals surface area contributed by atoms with Gasteiger partial charge in [0, 0.05) is 31.8 Å². The lowest BCUT2D eigenvalue weighted by Crippen LogP contribution is -2.40. The molecule has 2 heterocycles. The zero-order valence-corrected chi connectivity index (χ0v) is 18.9. The maximum Gasteiger partial charge on any atom is 0.255 e. The minimum absolute atomic E-state index is 0.0730. The van der Waals surface area contributed by atoms with Crippen molar-refractivity contribution in [3.8, 4) is 6.07 Å². The number of sulfonamides is 1. The minimum Gasteiger partial charge on any atom is -0.381 e. The molecule has 2 aromatic carbocycles. The summed E-state index contributed by atoms with van der Waals surface area (Å²) in [4.78, 5) is 13.0. The Morgan fingerprint density at radius 3 is 2.52 bits per heavy atom. The van der Waals surface area contributed by atoms with Crippen LogP contribution in [0.1, 0.15) is 28.8 Å². The van der Waals surface area contributed by atoms with Crippen molar-refractivity contribution in [3.05, 3.63) is 53.6 Å². The van der Waals surface area contributed by atoms with Gasteiger partial charge >= 0.3 is 0 Å². The van der Waals surface area contributed by atoms with Crippen LogP contribution in [0.3, 0.4) is 0 Å². The van der Waals surface area contributed by atoms with E-state index in [2.05, 4.69) is 10.6 Å². The number of nitriles is 1. The van der Waals surface area contributed by atoms with Crippen molar-refractivity contribution in [2.24, 2.45) is 0 Å². The first kappa shape index (κ1) is 23.2. The van der Waals surface area contributed by atoms with Crippen molar-refractivity contribution in [2.75, 3.05) is 50.1 Å². The number of rotatable bonds is 7. The summed E-state index contributed by atoms with van der Waals surface area (Å²) in [6.07, 6.45) is 2.03. The molecule has 1 unspecified atom stereocenters. The van der Waals surface area contributed by atoms with Gasteiger partial charge < -0.3 is 20.1 Å². The van der Waals surface area contributed by atoms with Gasteiger partial charge in [-0.2, -0.15) is 9.57 Å². The highest BCUT2D eigenvalue weighted by atomic mass is 32.2. The fourth-order valence-electron chi connectivity index (χ4n) is 3.80. The van der Waals surface area contributed by atoms with Crippen molar-refractivity contribution in [1.29, 1.82) is 5.26 Å². The Balaban J connectivity index is 1.60. The number of ether oxygens (including phenoxy) is 2. The van der Waals surface area contributed by atoms with E-state index < -0.39 is 15.9 Å². The molecule has 0 radical (unpaired) electrons. The molecule has 0 aliphatic carbocycles. The first-order chi connectivity index (χ1) is 16.0. The van der Waals surface area contributed by atoms with Crippen LogP contribution in [-0.4, -0.2) is 64.2 Å². The van der Waals surface area contributed by atoms with E-state index in [0.717, 1.165) is 19.4 Å². The Labute approximate surface area is 193 Å². The minimum atomic E-state index is -3.73. The SMILES string of the molecule is N#Cc1ccc(C(=O)Nc2cc(S(=O)(=O)N3CCOCC3)ccc2NCC2CCCO2)cc1. The van der Waals surface area contributed by atoms with Crippen LogP contribution in [0.15, 0.2) is 47.4 Å². The largest absolute Gasteiger partial charge is 0.381 e. The maximum absolute atomic E-state index is 13.1. The fourth-order valence-corrected chi connectivity index (χ4v) is 5.23. The standard InChI is InChI=1S/C23H26N4O5S/c24-15-17-3-5-18(6-4-17)23(28)26-22-14-20(33(29,30)27-9-12-31-13-10-27)7-8-21(22)25-16-19-2-1-11-32-19/h3-8,14,19,25H,1-2,9-13,16H2,(H,26,28). The van der Waals surface area contributed by atoms with Crippen molar-refractivity contribution >= 4 is 27.3 Å². The van der Waals surface area contributed by atoms with Crippen LogP contribution >= 0.6 is 0 Å². The van der Waals surface area contributed by atoms with Gasteiger partial charge in [-0.25, -0.2) is 8.42 Å². The van der Waals surface area contributed by atoms with Gasteiger partial charge in [-0.15, -0.1) is 0 Å². The van der Waals surface area contributed by atoms with Crippen LogP contribution < -0.4 is 10.6 Å². The summed E-state index contributed by atoms with van der Waals surface area (Å²) in [5.41, 5.74) is 1.77. The lowest BCUT2D eigenvalue weighted by molar-refractivity contribution is 0.0730. The zero-order chi connectivity index (χ0) is 23.3. The molecular weight excluding hydrogens is 444 g/mol. The molecule has 0 spiro atoms. The molecule has 2 fully saturated rings. The van der Waals surface area contributed by atoms with E-state index in [-0.39, 0.29) is 24.1 Å². The van der Waals surface area contributed by atoms with Gasteiger partial charge in [0.05, 0.1) is 47.2 Å². The maximum atomic E-state index is 13.1. The third-order valence-corrected chi connectivity index (χ3v) is 7.56. The smallest absolute Gasteiger partial charge is 0.255 e. The Morgan fingerprint density at radius 1 is 1.09 bits per heavy atom. The predicted octanol–water partition coefficient (Wildman–Crippen LogP) is 2.42. The predicted molar refractivity (Wildman–Crippen MR) is 123 cm³/mol. The lowest BCUT2D eigenvalue weighted by atomic mass is 10.1. The number of benzene rings is 2. The molecule has 2 aliphatic rings. The molecule has 2 aromatic rings. The molecular formula is C23H26N4O5S. The molecule has 2 N–H and O–H groups in total. The van der Waals surface area contributed by atoms with Crippen LogP contribution in [0.2, 0.25) is 0 Å². The lowest BCUT2D eigenvalue weighted by Gasteiger charge is -2.26. The molecule has 1 amide bonds. The van der Waals surface area contributed by atoms with Crippen molar-refractivity contribution in [1.82, 2.24) is 4.31 Å². The van der Waals surface area contributed by atoms with Gasteiger partial charge in [-0.05, 0) is 55.3 Å². The van der Waals surface area contributed by atoms with E-state index >= 15 is 0 Å². The molecule has 0 aromatic heterocycles. The summed E-state index contributed by atoms with van der Waals surface area (Å²) in [6.45, 7) is 2.55. The molecule has 174 valence electrons. The third-order valence-electron chi connectivity index (χ3n) is 5.67. The monoisotopic (exact) mass is 470 g/mol. The van der Waals surface area contributed by atoms with Crippen molar-refractivity contribution in [3.63, 3.8) is 0 Å². The van der Waals surface area contributed by atoms with Gasteiger partial charge in [0.1, 0.15) is 0 Å². The van der Waals surface area contributed by atoms with Gasteiger partial charge in [0.25, 0.3) is 5.91 Å². The third kappa shape index (κ3) is 5.51. The molecule has 2 aliphatic heterocycles. The zero-order valence-electron chi connectivity index (χ0n) is 18.1. The average Bonchev–Trinajstić information content (AvgIpc) is 3.37. The van der Waals surface area contributed by atoms with Crippen LogP contribution in [-0.2, 0) is 19.5 Å². The fraction of sp³-hybridized carbons (Fsp3) is 0.391. The number of morpholine rings is 1. The molecule has 2 saturated heterocycles. The molecule has 1 atom stereocenters. The summed E-state index contributed by atoms with van der Waals surface area (Å²) in [7, 11) is -3.73. The highest BCUT2D eigenvalue weighted by molar-refractivity contribution is 7.89. The van der Waals surface area contributed by atoms with Gasteiger partial charge in [-0.1, -0.05) is 0 Å². The molecule has 0 bridgehead atoms. The van der Waals surface area contributed by atoms with E-state index in [0.29, 0.717) is 42.3 Å². The number of hydrogen-bond donors (Lipinski definition) is 2. The number of amides is 1. The average molecular weight is 471 g/mol. The van der Waals surface area contributed by atoms with E-state index in [1.165, 1.54) is 10.4 Å². The molecule has 0 saturated carbocycles. The summed E-state index contributed by atoms with van der Waals surface area (Å²) in [5.74, 6) is -0.402. The number of anilines is 2. The van der Waals surface area contributed by atoms with Gasteiger partial charge in [0.2, 0.25) is 10.0 Å². The first-order valence-electron chi connectivity index (χ1n) is 10.9. The highest BCUT2D eigenvalue weighted by Crippen LogP contribution is 2.29. The van der Waals surface area contributed by atoms with Crippen LogP contribution in [0.5, 0.6) is 0 Å². The van der Waals surface area contributed by atoms with E-state index in [9.17, 15) is 13.2 Å². The van der Waals surface area contributed by atoms with E-state index in [1.54, 1.807) is 36.4 Å². The summed E-state index contributed by atoms with van der Waals surface area (Å²) in [6, 6.07) is 12.9. The van der Waals surface area contributed by atoms with Crippen molar-refractivity contribution < 1.29 is 22.7 Å². The van der Waals surface area contributed by atoms with Gasteiger partial charge in [0.15, 0.2) is 0 Å². The van der Waals surface area contributed by atoms with Gasteiger partial charge in [-0.3, -0.25) is 4.79 Å². The summed E-state index contributed by atoms with van der Waals surface area (Å²) < 4.78 is 38.6. The van der Waals surface area contributed by atoms with E-state index in [1.807, 2.05) is 6.07 Å². The Bertz CT molecular complexity index is 1130. The Kier molecular flexibility index (Phi) is 7.25. The number of nitrogens with zero attached hydrogens (tertiary/aromatic N) is 2. The second-order valence-corrected chi connectivity index (χ2v) is 9.82. The quantitative estimate of drug-likeness (QED) is 0.637. The van der Waals surface area contributed by atoms with Crippen LogP contribution in [0.25, 0.3) is 0 Å². The van der Waals surface area contributed by atoms with Crippen LogP contribution in [0, 0.1) is 11.3 Å². The number of hydrogen-bond acceptors (Lipinski definition) is 7. The normalized spacial score (nSPS) is 19.1. The molecule has 10 heteroatoms. The first-order valence-corrected chi connectivity index (χ1v) is 12.3. The Morgan fingerprint density at radius 2 is 1.85 bits per heavy atom. The Hall–Kier alpha value is -2.97. The topological polar surface area (TPSA) is 121 Å². The van der Waals surface area contributed by atoms with E-state index in [4.69, 9.17) is 14.7 Å². The van der Waals surface area contributed by atoms with Crippen LogP contribution in [0.4, 0.5) is 11.4 Å². The number of carbonyl (C=O) groups excluding carboxylic acids is 1. The highest BCUT2D eigenvalue weighted by Gasteiger charge is 2.27. The second-order valence-electron chi connectivity index (χ2n) is 7.88. The summed E-state index contributed by atoms with van der Waals surface area (Å²) >= 11 is 0. The second kappa shape index (κ2) is 10.3. The van der Waals surface area contributed by atoms with Crippen molar-refractivity contribution in [2.45, 2.75) is 23.8 Å². The molecule has 4 rings (SSSR count). The molecule has 33 heavy (non-hydrogen) atoms. The summed E-state index contributed by atoms with van der Waals surface area (Å²) in [5, 5.41) is 15.1.